The SMILES string of the molecule is CC(N)(C(=O)Nc1ncc(Br)s1)c1ccccc1. The molecule has 0 saturated carbocycles. The molecular formula is C12H12BrN3OS. The van der Waals surface area contributed by atoms with Crippen LogP contribution in [-0.4, -0.2) is 10.9 Å². The van der Waals surface area contributed by atoms with Gasteiger partial charge in [0.25, 0.3) is 5.91 Å². The fraction of sp³-hybridized carbons (Fsp3) is 0.167. The van der Waals surface area contributed by atoms with E-state index in [4.69, 9.17) is 5.73 Å². The quantitative estimate of drug-likeness (QED) is 0.911. The number of nitrogens with one attached hydrogen (secondary N) is 1. The lowest BCUT2D eigenvalue weighted by Crippen LogP contribution is -2.45. The van der Waals surface area contributed by atoms with Crippen LogP contribution >= 0.6 is 27.3 Å². The summed E-state index contributed by atoms with van der Waals surface area (Å²) in [5.74, 6) is -0.282. The van der Waals surface area contributed by atoms with Crippen LogP contribution in [-0.2, 0) is 10.3 Å². The summed E-state index contributed by atoms with van der Waals surface area (Å²) in [7, 11) is 0. The molecule has 94 valence electrons. The van der Waals surface area contributed by atoms with Crippen molar-refractivity contribution < 1.29 is 4.79 Å². The molecule has 6 heteroatoms. The summed E-state index contributed by atoms with van der Waals surface area (Å²) in [4.78, 5) is 16.2. The minimum Gasteiger partial charge on any atom is -0.314 e. The molecule has 0 radical (unpaired) electrons. The van der Waals surface area contributed by atoms with Crippen molar-refractivity contribution in [2.45, 2.75) is 12.5 Å². The van der Waals surface area contributed by atoms with E-state index in [1.54, 1.807) is 13.1 Å². The van der Waals surface area contributed by atoms with Gasteiger partial charge in [0, 0.05) is 0 Å². The standard InChI is InChI=1S/C12H12BrN3OS/c1-12(14,8-5-3-2-4-6-8)10(17)16-11-15-7-9(13)18-11/h2-7H,14H2,1H3,(H,15,16,17). The Hall–Kier alpha value is -1.24. The number of hydrogen-bond donors (Lipinski definition) is 2. The third-order valence-corrected chi connectivity index (χ3v) is 3.93. The fourth-order valence-electron chi connectivity index (χ4n) is 1.45. The molecule has 0 aliphatic rings. The van der Waals surface area contributed by atoms with Crippen LogP contribution in [0.15, 0.2) is 40.3 Å². The van der Waals surface area contributed by atoms with Gasteiger partial charge in [-0.25, -0.2) is 4.98 Å². The van der Waals surface area contributed by atoms with Crippen molar-refractivity contribution in [3.8, 4) is 0 Å². The second-order valence-corrected chi connectivity index (χ2v) is 6.40. The molecule has 0 saturated heterocycles. The number of carbonyl (C=O) groups is 1. The Balaban J connectivity index is 2.18. The molecule has 0 bridgehead atoms. The Morgan fingerprint density at radius 2 is 2.11 bits per heavy atom. The molecule has 4 nitrogen and oxygen atoms in total. The Kier molecular flexibility index (Phi) is 3.79. The molecule has 0 aliphatic heterocycles. The Labute approximate surface area is 117 Å². The zero-order chi connectivity index (χ0) is 13.2. The lowest BCUT2D eigenvalue weighted by atomic mass is 9.92. The van der Waals surface area contributed by atoms with Crippen LogP contribution in [0.3, 0.4) is 0 Å². The summed E-state index contributed by atoms with van der Waals surface area (Å²) in [6.07, 6.45) is 1.64. The van der Waals surface area contributed by atoms with Gasteiger partial charge < -0.3 is 11.1 Å². The van der Waals surface area contributed by atoms with E-state index in [0.29, 0.717) is 5.13 Å². The van der Waals surface area contributed by atoms with Gasteiger partial charge in [0.2, 0.25) is 0 Å². The van der Waals surface area contributed by atoms with Gasteiger partial charge in [0.1, 0.15) is 5.54 Å². The second-order valence-electron chi connectivity index (χ2n) is 3.99. The first-order valence-corrected chi connectivity index (χ1v) is 6.88. The fourth-order valence-corrected chi connectivity index (χ4v) is 2.56. The maximum atomic E-state index is 12.2. The van der Waals surface area contributed by atoms with E-state index in [1.807, 2.05) is 30.3 Å². The van der Waals surface area contributed by atoms with Crippen molar-refractivity contribution in [2.75, 3.05) is 5.32 Å². The molecule has 1 heterocycles. The number of halogens is 1. The molecule has 0 fully saturated rings. The molecule has 1 atom stereocenters. The highest BCUT2D eigenvalue weighted by atomic mass is 79.9. The highest BCUT2D eigenvalue weighted by Crippen LogP contribution is 2.25. The molecule has 2 aromatic rings. The van der Waals surface area contributed by atoms with Gasteiger partial charge in [0.05, 0.1) is 9.98 Å². The average Bonchev–Trinajstić information content (AvgIpc) is 2.76. The van der Waals surface area contributed by atoms with Crippen LogP contribution in [0.1, 0.15) is 12.5 Å². The molecule has 18 heavy (non-hydrogen) atoms. The third kappa shape index (κ3) is 2.77. The number of rotatable bonds is 3. The molecule has 0 aliphatic carbocycles. The van der Waals surface area contributed by atoms with Crippen molar-refractivity contribution in [1.82, 2.24) is 4.98 Å². The number of hydrogen-bond acceptors (Lipinski definition) is 4. The third-order valence-electron chi connectivity index (χ3n) is 2.54. The van der Waals surface area contributed by atoms with Gasteiger partial charge in [-0.15, -0.1) is 0 Å². The van der Waals surface area contributed by atoms with Gasteiger partial charge in [0.15, 0.2) is 5.13 Å². The topological polar surface area (TPSA) is 68.0 Å². The van der Waals surface area contributed by atoms with Crippen LogP contribution < -0.4 is 11.1 Å². The summed E-state index contributed by atoms with van der Waals surface area (Å²) in [5.41, 5.74) is 5.77. The van der Waals surface area contributed by atoms with E-state index in [9.17, 15) is 4.79 Å². The van der Waals surface area contributed by atoms with Gasteiger partial charge in [-0.2, -0.15) is 0 Å². The van der Waals surface area contributed by atoms with Crippen LogP contribution in [0.5, 0.6) is 0 Å². The smallest absolute Gasteiger partial charge is 0.250 e. The molecule has 3 N–H and O–H groups in total. The summed E-state index contributed by atoms with van der Waals surface area (Å²) >= 11 is 4.64. The number of amides is 1. The van der Waals surface area contributed by atoms with E-state index >= 15 is 0 Å². The zero-order valence-electron chi connectivity index (χ0n) is 9.68. The van der Waals surface area contributed by atoms with Gasteiger partial charge >= 0.3 is 0 Å². The number of nitrogens with zero attached hydrogens (tertiary/aromatic N) is 1. The van der Waals surface area contributed by atoms with Gasteiger partial charge in [-0.3, -0.25) is 4.79 Å². The summed E-state index contributed by atoms with van der Waals surface area (Å²) < 4.78 is 0.858. The Morgan fingerprint density at radius 1 is 1.44 bits per heavy atom. The van der Waals surface area contributed by atoms with Gasteiger partial charge in [-0.1, -0.05) is 41.7 Å². The first-order chi connectivity index (χ1) is 8.50. The average molecular weight is 326 g/mol. The van der Waals surface area contributed by atoms with E-state index in [0.717, 1.165) is 9.35 Å². The minimum atomic E-state index is -1.08. The molecular weight excluding hydrogens is 314 g/mol. The zero-order valence-corrected chi connectivity index (χ0v) is 12.1. The Bertz CT molecular complexity index is 553. The van der Waals surface area contributed by atoms with Crippen LogP contribution in [0.4, 0.5) is 5.13 Å². The number of carbonyl (C=O) groups excluding carboxylic acids is 1. The highest BCUT2D eigenvalue weighted by Gasteiger charge is 2.30. The molecule has 1 aromatic heterocycles. The highest BCUT2D eigenvalue weighted by molar-refractivity contribution is 9.11. The maximum absolute atomic E-state index is 12.2. The first-order valence-electron chi connectivity index (χ1n) is 5.27. The number of nitrogens with two attached hydrogens (primary N) is 1. The van der Waals surface area contributed by atoms with Crippen LogP contribution in [0.2, 0.25) is 0 Å². The number of benzene rings is 1. The predicted molar refractivity (Wildman–Crippen MR) is 76.4 cm³/mol. The van der Waals surface area contributed by atoms with Crippen molar-refractivity contribution in [2.24, 2.45) is 5.73 Å². The van der Waals surface area contributed by atoms with Crippen LogP contribution in [0, 0.1) is 0 Å². The van der Waals surface area contributed by atoms with E-state index in [1.165, 1.54) is 11.3 Å². The lowest BCUT2D eigenvalue weighted by Gasteiger charge is -2.23. The summed E-state index contributed by atoms with van der Waals surface area (Å²) in [5, 5.41) is 3.24. The predicted octanol–water partition coefficient (Wildman–Crippen LogP) is 2.72. The lowest BCUT2D eigenvalue weighted by molar-refractivity contribution is -0.120. The number of thiazole rings is 1. The first kappa shape index (κ1) is 13.2. The van der Waals surface area contributed by atoms with Crippen molar-refractivity contribution in [1.29, 1.82) is 0 Å². The van der Waals surface area contributed by atoms with Crippen molar-refractivity contribution in [3.63, 3.8) is 0 Å². The monoisotopic (exact) mass is 325 g/mol. The number of anilines is 1. The molecule has 2 rings (SSSR count). The van der Waals surface area contributed by atoms with Gasteiger partial charge in [-0.05, 0) is 28.4 Å². The molecule has 1 aromatic carbocycles. The van der Waals surface area contributed by atoms with Crippen LogP contribution in [0.25, 0.3) is 0 Å². The molecule has 0 spiro atoms. The minimum absolute atomic E-state index is 0.282. The van der Waals surface area contributed by atoms with Crippen molar-refractivity contribution >= 4 is 38.3 Å². The van der Waals surface area contributed by atoms with E-state index in [-0.39, 0.29) is 5.91 Å². The normalized spacial score (nSPS) is 13.9. The Morgan fingerprint density at radius 3 is 2.67 bits per heavy atom. The largest absolute Gasteiger partial charge is 0.314 e. The summed E-state index contributed by atoms with van der Waals surface area (Å²) in [6, 6.07) is 9.26. The number of aromatic nitrogens is 1. The second kappa shape index (κ2) is 5.17. The summed E-state index contributed by atoms with van der Waals surface area (Å²) in [6.45, 7) is 1.68. The molecule has 1 amide bonds. The van der Waals surface area contributed by atoms with E-state index in [2.05, 4.69) is 26.2 Å². The molecule has 1 unspecified atom stereocenters. The maximum Gasteiger partial charge on any atom is 0.250 e. The van der Waals surface area contributed by atoms with E-state index < -0.39 is 5.54 Å². The van der Waals surface area contributed by atoms with Crippen molar-refractivity contribution in [3.05, 3.63) is 45.9 Å².